The normalized spacial score (nSPS) is 10.4. The lowest BCUT2D eigenvalue weighted by Gasteiger charge is -2.08. The Morgan fingerprint density at radius 1 is 1.22 bits per heavy atom. The van der Waals surface area contributed by atoms with E-state index in [2.05, 4.69) is 20.9 Å². The van der Waals surface area contributed by atoms with E-state index in [1.807, 2.05) is 12.1 Å². The SMILES string of the molecule is NCc1cccc(Oc2cc(Cl)c(Br)cc2Cl)n1. The molecule has 0 bridgehead atoms. The number of nitrogens with two attached hydrogens (primary N) is 1. The Morgan fingerprint density at radius 3 is 2.72 bits per heavy atom. The molecule has 0 saturated carbocycles. The van der Waals surface area contributed by atoms with Crippen LogP contribution in [0.1, 0.15) is 5.69 Å². The summed E-state index contributed by atoms with van der Waals surface area (Å²) in [5.74, 6) is 0.879. The van der Waals surface area contributed by atoms with E-state index in [0.717, 1.165) is 5.69 Å². The van der Waals surface area contributed by atoms with E-state index in [9.17, 15) is 0 Å². The molecule has 1 aromatic heterocycles. The molecule has 0 radical (unpaired) electrons. The largest absolute Gasteiger partial charge is 0.437 e. The van der Waals surface area contributed by atoms with Gasteiger partial charge in [0.05, 0.1) is 15.7 Å². The van der Waals surface area contributed by atoms with Crippen LogP contribution in [0.2, 0.25) is 10.0 Å². The third kappa shape index (κ3) is 3.14. The second-order valence-corrected chi connectivity index (χ2v) is 5.14. The topological polar surface area (TPSA) is 48.1 Å². The number of hydrogen-bond acceptors (Lipinski definition) is 3. The second kappa shape index (κ2) is 5.89. The van der Waals surface area contributed by atoms with Crippen molar-refractivity contribution in [3.05, 3.63) is 50.5 Å². The van der Waals surface area contributed by atoms with Gasteiger partial charge in [0.25, 0.3) is 0 Å². The molecular formula is C12H9BrCl2N2O. The van der Waals surface area contributed by atoms with Gasteiger partial charge in [-0.05, 0) is 28.1 Å². The van der Waals surface area contributed by atoms with E-state index in [1.165, 1.54) is 0 Å². The Kier molecular flexibility index (Phi) is 4.45. The number of hydrogen-bond donors (Lipinski definition) is 1. The highest BCUT2D eigenvalue weighted by Crippen LogP contribution is 2.36. The molecule has 2 aromatic rings. The molecule has 2 rings (SSSR count). The van der Waals surface area contributed by atoms with Crippen molar-refractivity contribution in [2.24, 2.45) is 5.73 Å². The van der Waals surface area contributed by atoms with Gasteiger partial charge in [-0.2, -0.15) is 0 Å². The van der Waals surface area contributed by atoms with Gasteiger partial charge in [-0.3, -0.25) is 0 Å². The summed E-state index contributed by atoms with van der Waals surface area (Å²) in [5.41, 5.74) is 6.26. The third-order valence-corrected chi connectivity index (χ3v) is 3.67. The van der Waals surface area contributed by atoms with Crippen LogP contribution in [-0.2, 0) is 6.54 Å². The summed E-state index contributed by atoms with van der Waals surface area (Å²) >= 11 is 15.3. The molecule has 1 aromatic carbocycles. The summed E-state index contributed by atoms with van der Waals surface area (Å²) in [7, 11) is 0. The van der Waals surface area contributed by atoms with Crippen molar-refractivity contribution in [1.82, 2.24) is 4.98 Å². The van der Waals surface area contributed by atoms with Crippen molar-refractivity contribution in [1.29, 1.82) is 0 Å². The lowest BCUT2D eigenvalue weighted by Crippen LogP contribution is -2.00. The van der Waals surface area contributed by atoms with Gasteiger partial charge in [0.15, 0.2) is 0 Å². The average molecular weight is 348 g/mol. The van der Waals surface area contributed by atoms with Gasteiger partial charge < -0.3 is 10.5 Å². The molecule has 1 heterocycles. The minimum Gasteiger partial charge on any atom is -0.437 e. The highest BCUT2D eigenvalue weighted by atomic mass is 79.9. The maximum Gasteiger partial charge on any atom is 0.219 e. The molecule has 0 fully saturated rings. The van der Waals surface area contributed by atoms with E-state index in [-0.39, 0.29) is 0 Å². The number of nitrogens with zero attached hydrogens (tertiary/aromatic N) is 1. The van der Waals surface area contributed by atoms with Crippen molar-refractivity contribution in [3.8, 4) is 11.6 Å². The standard InChI is InChI=1S/C12H9BrCl2N2O/c13-8-4-10(15)11(5-9(8)14)18-12-3-1-2-7(6-16)17-12/h1-5H,6,16H2. The van der Waals surface area contributed by atoms with E-state index >= 15 is 0 Å². The number of pyridine rings is 1. The van der Waals surface area contributed by atoms with Gasteiger partial charge in [-0.1, -0.05) is 29.3 Å². The third-order valence-electron chi connectivity index (χ3n) is 2.18. The van der Waals surface area contributed by atoms with Crippen molar-refractivity contribution in [2.75, 3.05) is 0 Å². The van der Waals surface area contributed by atoms with Crippen LogP contribution in [0.15, 0.2) is 34.8 Å². The predicted octanol–water partition coefficient (Wildman–Crippen LogP) is 4.40. The quantitative estimate of drug-likeness (QED) is 0.837. The summed E-state index contributed by atoms with van der Waals surface area (Å²) in [6, 6.07) is 8.67. The van der Waals surface area contributed by atoms with Crippen LogP contribution in [0.5, 0.6) is 11.6 Å². The monoisotopic (exact) mass is 346 g/mol. The van der Waals surface area contributed by atoms with E-state index in [1.54, 1.807) is 18.2 Å². The number of halogens is 3. The zero-order chi connectivity index (χ0) is 13.1. The second-order valence-electron chi connectivity index (χ2n) is 3.47. The summed E-state index contributed by atoms with van der Waals surface area (Å²) in [6.45, 7) is 0.353. The Morgan fingerprint density at radius 2 is 2.00 bits per heavy atom. The number of aromatic nitrogens is 1. The van der Waals surface area contributed by atoms with Crippen molar-refractivity contribution >= 4 is 39.1 Å². The first-order valence-electron chi connectivity index (χ1n) is 5.08. The molecule has 0 unspecified atom stereocenters. The molecule has 3 nitrogen and oxygen atoms in total. The first-order chi connectivity index (χ1) is 8.60. The van der Waals surface area contributed by atoms with Gasteiger partial charge in [0.1, 0.15) is 5.75 Å². The summed E-state index contributed by atoms with van der Waals surface area (Å²) < 4.78 is 6.30. The molecule has 6 heteroatoms. The minimum atomic E-state index is 0.353. The van der Waals surface area contributed by atoms with Crippen LogP contribution >= 0.6 is 39.1 Å². The summed E-state index contributed by atoms with van der Waals surface area (Å²) in [6.07, 6.45) is 0. The maximum atomic E-state index is 6.06. The Hall–Kier alpha value is -0.810. The predicted molar refractivity (Wildman–Crippen MR) is 76.4 cm³/mol. The summed E-state index contributed by atoms with van der Waals surface area (Å²) in [5, 5.41) is 0.968. The van der Waals surface area contributed by atoms with Crippen LogP contribution in [0.3, 0.4) is 0 Å². The lowest BCUT2D eigenvalue weighted by atomic mass is 10.3. The molecule has 0 amide bonds. The van der Waals surface area contributed by atoms with Gasteiger partial charge in [0, 0.05) is 23.2 Å². The molecule has 0 spiro atoms. The van der Waals surface area contributed by atoms with Gasteiger partial charge >= 0.3 is 0 Å². The van der Waals surface area contributed by atoms with Crippen molar-refractivity contribution < 1.29 is 4.74 Å². The van der Waals surface area contributed by atoms with Crippen LogP contribution < -0.4 is 10.5 Å². The Labute approximate surface area is 123 Å². The molecular weight excluding hydrogens is 339 g/mol. The highest BCUT2D eigenvalue weighted by molar-refractivity contribution is 9.10. The van der Waals surface area contributed by atoms with E-state index < -0.39 is 0 Å². The number of ether oxygens (including phenoxy) is 1. The first kappa shape index (κ1) is 13.6. The van der Waals surface area contributed by atoms with Crippen molar-refractivity contribution in [2.45, 2.75) is 6.54 Å². The fraction of sp³-hybridized carbons (Fsp3) is 0.0833. The molecule has 94 valence electrons. The molecule has 0 atom stereocenters. The first-order valence-corrected chi connectivity index (χ1v) is 6.63. The zero-order valence-corrected chi connectivity index (χ0v) is 12.3. The van der Waals surface area contributed by atoms with Crippen molar-refractivity contribution in [3.63, 3.8) is 0 Å². The van der Waals surface area contributed by atoms with Crippen LogP contribution in [0.4, 0.5) is 0 Å². The van der Waals surface area contributed by atoms with Gasteiger partial charge in [0.2, 0.25) is 5.88 Å². The van der Waals surface area contributed by atoms with E-state index in [0.29, 0.717) is 32.7 Å². The zero-order valence-electron chi connectivity index (χ0n) is 9.16. The van der Waals surface area contributed by atoms with Crippen LogP contribution in [0.25, 0.3) is 0 Å². The molecule has 0 saturated heterocycles. The maximum absolute atomic E-state index is 6.06. The molecule has 0 aliphatic carbocycles. The van der Waals surface area contributed by atoms with Crippen LogP contribution in [-0.4, -0.2) is 4.98 Å². The smallest absolute Gasteiger partial charge is 0.219 e. The fourth-order valence-electron chi connectivity index (χ4n) is 1.32. The Bertz CT molecular complexity index is 578. The Balaban J connectivity index is 2.30. The summed E-state index contributed by atoms with van der Waals surface area (Å²) in [4.78, 5) is 4.22. The lowest BCUT2D eigenvalue weighted by molar-refractivity contribution is 0.461. The highest BCUT2D eigenvalue weighted by Gasteiger charge is 2.08. The van der Waals surface area contributed by atoms with Crippen LogP contribution in [0, 0.1) is 0 Å². The number of rotatable bonds is 3. The minimum absolute atomic E-state index is 0.353. The van der Waals surface area contributed by atoms with E-state index in [4.69, 9.17) is 33.7 Å². The molecule has 18 heavy (non-hydrogen) atoms. The average Bonchev–Trinajstić information content (AvgIpc) is 2.36. The number of benzene rings is 1. The molecule has 0 aliphatic heterocycles. The van der Waals surface area contributed by atoms with Gasteiger partial charge in [-0.15, -0.1) is 0 Å². The molecule has 0 aliphatic rings. The van der Waals surface area contributed by atoms with Gasteiger partial charge in [-0.25, -0.2) is 4.98 Å². The molecule has 2 N–H and O–H groups in total. The fourth-order valence-corrected chi connectivity index (χ4v) is 2.15.